The fraction of sp³-hybridized carbons (Fsp3) is 0.700. The van der Waals surface area contributed by atoms with E-state index in [0.29, 0.717) is 0 Å². The predicted molar refractivity (Wildman–Crippen MR) is 112 cm³/mol. The van der Waals surface area contributed by atoms with Gasteiger partial charge in [-0.2, -0.15) is 0 Å². The van der Waals surface area contributed by atoms with Gasteiger partial charge in [0, 0.05) is 39.3 Å². The second kappa shape index (κ2) is 23.0. The minimum absolute atomic E-state index is 0.929. The third-order valence-corrected chi connectivity index (χ3v) is 3.53. The van der Waals surface area contributed by atoms with Gasteiger partial charge in [0.05, 0.1) is 0 Å². The number of rotatable bonds is 19. The lowest BCUT2D eigenvalue weighted by molar-refractivity contribution is 0.616. The summed E-state index contributed by atoms with van der Waals surface area (Å²) in [6.07, 6.45) is 15.5. The molecule has 0 saturated heterocycles. The van der Waals surface area contributed by atoms with Crippen LogP contribution in [0.1, 0.15) is 26.7 Å². The van der Waals surface area contributed by atoms with Crippen LogP contribution in [-0.2, 0) is 0 Å². The first-order valence-electron chi connectivity index (χ1n) is 9.90. The Balaban J connectivity index is 3.15. The molecule has 5 heteroatoms. The van der Waals surface area contributed by atoms with Gasteiger partial charge >= 0.3 is 0 Å². The van der Waals surface area contributed by atoms with Crippen molar-refractivity contribution in [2.75, 3.05) is 65.4 Å². The van der Waals surface area contributed by atoms with E-state index < -0.39 is 0 Å². The minimum Gasteiger partial charge on any atom is -0.314 e. The van der Waals surface area contributed by atoms with E-state index in [-0.39, 0.29) is 0 Å². The lowest BCUT2D eigenvalue weighted by atomic mass is 10.3. The Hall–Kier alpha value is -0.980. The standard InChI is InChI=1S/C20H41N5/c1-3-21-13-5-7-15-23-17-9-11-19-25-20-12-10-18-24-16-8-6-14-22-4-2/h5-9,11,21-25H,3-4,10,12-20H2,1-2H3/b7-5-,8-6-,11-9-. The molecule has 0 aliphatic carbocycles. The summed E-state index contributed by atoms with van der Waals surface area (Å²) in [6.45, 7) is 14.2. The Morgan fingerprint density at radius 3 is 1.12 bits per heavy atom. The molecule has 0 fully saturated rings. The number of hydrogen-bond donors (Lipinski definition) is 5. The average Bonchev–Trinajstić information content (AvgIpc) is 2.63. The third-order valence-electron chi connectivity index (χ3n) is 3.53. The highest BCUT2D eigenvalue weighted by atomic mass is 14.9. The molecule has 0 unspecified atom stereocenters. The van der Waals surface area contributed by atoms with Gasteiger partial charge in [0.25, 0.3) is 0 Å². The van der Waals surface area contributed by atoms with E-state index in [9.17, 15) is 0 Å². The van der Waals surface area contributed by atoms with Crippen molar-refractivity contribution in [1.29, 1.82) is 0 Å². The van der Waals surface area contributed by atoms with Gasteiger partial charge in [-0.05, 0) is 39.0 Å². The molecule has 146 valence electrons. The first-order chi connectivity index (χ1) is 12.4. The van der Waals surface area contributed by atoms with Crippen molar-refractivity contribution in [3.8, 4) is 0 Å². The smallest absolute Gasteiger partial charge is 0.0138 e. The van der Waals surface area contributed by atoms with E-state index in [1.807, 2.05) is 0 Å². The van der Waals surface area contributed by atoms with Crippen LogP contribution in [0.15, 0.2) is 36.5 Å². The predicted octanol–water partition coefficient (Wildman–Crippen LogP) is 1.42. The molecule has 0 heterocycles. The molecule has 5 N–H and O–H groups in total. The summed E-state index contributed by atoms with van der Waals surface area (Å²) in [4.78, 5) is 0. The molecule has 0 aromatic rings. The Bertz CT molecular complexity index is 326. The van der Waals surface area contributed by atoms with Crippen LogP contribution in [-0.4, -0.2) is 65.4 Å². The lowest BCUT2D eigenvalue weighted by Crippen LogP contribution is -2.20. The average molecular weight is 352 g/mol. The van der Waals surface area contributed by atoms with Gasteiger partial charge in [-0.1, -0.05) is 50.3 Å². The monoisotopic (exact) mass is 351 g/mol. The first-order valence-corrected chi connectivity index (χ1v) is 9.90. The second-order valence-electron chi connectivity index (χ2n) is 5.80. The molecule has 0 saturated carbocycles. The fourth-order valence-electron chi connectivity index (χ4n) is 2.08. The SMILES string of the molecule is CCNC/C=C\CNC/C=C\CNCCCCNC/C=C\CNCC. The fourth-order valence-corrected chi connectivity index (χ4v) is 2.08. The summed E-state index contributed by atoms with van der Waals surface area (Å²) in [5, 5.41) is 16.8. The Kier molecular flexibility index (Phi) is 22.1. The molecule has 0 atom stereocenters. The number of unbranched alkanes of at least 4 members (excludes halogenated alkanes) is 1. The topological polar surface area (TPSA) is 60.1 Å². The molecule has 5 nitrogen and oxygen atoms in total. The van der Waals surface area contributed by atoms with Crippen molar-refractivity contribution < 1.29 is 0 Å². The van der Waals surface area contributed by atoms with E-state index in [1.54, 1.807) is 0 Å². The van der Waals surface area contributed by atoms with Crippen LogP contribution in [0.2, 0.25) is 0 Å². The van der Waals surface area contributed by atoms with Crippen LogP contribution in [0.25, 0.3) is 0 Å². The van der Waals surface area contributed by atoms with Gasteiger partial charge in [0.15, 0.2) is 0 Å². The molecule has 0 rings (SSSR count). The van der Waals surface area contributed by atoms with Gasteiger partial charge in [0.1, 0.15) is 0 Å². The maximum Gasteiger partial charge on any atom is 0.0138 e. The Morgan fingerprint density at radius 2 is 0.760 bits per heavy atom. The Labute approximate surface area is 155 Å². The maximum atomic E-state index is 3.45. The van der Waals surface area contributed by atoms with Gasteiger partial charge in [-0.3, -0.25) is 0 Å². The molecule has 0 aliphatic heterocycles. The summed E-state index contributed by atoms with van der Waals surface area (Å²) in [5.74, 6) is 0. The first kappa shape index (κ1) is 24.0. The molecule has 0 radical (unpaired) electrons. The van der Waals surface area contributed by atoms with Gasteiger partial charge in [-0.25, -0.2) is 0 Å². The van der Waals surface area contributed by atoms with Gasteiger partial charge in [-0.15, -0.1) is 0 Å². The summed E-state index contributed by atoms with van der Waals surface area (Å²) in [5.41, 5.74) is 0. The number of hydrogen-bond acceptors (Lipinski definition) is 5. The van der Waals surface area contributed by atoms with Crippen LogP contribution < -0.4 is 26.6 Å². The van der Waals surface area contributed by atoms with Crippen LogP contribution in [0.4, 0.5) is 0 Å². The molecule has 0 aromatic carbocycles. The van der Waals surface area contributed by atoms with Crippen LogP contribution >= 0.6 is 0 Å². The zero-order valence-electron chi connectivity index (χ0n) is 16.4. The highest BCUT2D eigenvalue weighted by molar-refractivity contribution is 4.89. The molecule has 0 amide bonds. The third kappa shape index (κ3) is 23.0. The van der Waals surface area contributed by atoms with Crippen molar-refractivity contribution in [1.82, 2.24) is 26.6 Å². The molecule has 0 aromatic heterocycles. The van der Waals surface area contributed by atoms with Crippen molar-refractivity contribution in [3.63, 3.8) is 0 Å². The van der Waals surface area contributed by atoms with Crippen molar-refractivity contribution in [3.05, 3.63) is 36.5 Å². The zero-order valence-corrected chi connectivity index (χ0v) is 16.4. The minimum atomic E-state index is 0.929. The van der Waals surface area contributed by atoms with E-state index in [0.717, 1.165) is 65.4 Å². The summed E-state index contributed by atoms with van der Waals surface area (Å²) < 4.78 is 0. The van der Waals surface area contributed by atoms with E-state index in [1.165, 1.54) is 12.8 Å². The second-order valence-corrected chi connectivity index (χ2v) is 5.80. The van der Waals surface area contributed by atoms with Crippen molar-refractivity contribution >= 4 is 0 Å². The lowest BCUT2D eigenvalue weighted by Gasteiger charge is -2.03. The van der Waals surface area contributed by atoms with Crippen molar-refractivity contribution in [2.24, 2.45) is 0 Å². The van der Waals surface area contributed by atoms with Crippen LogP contribution in [0.5, 0.6) is 0 Å². The van der Waals surface area contributed by atoms with E-state index in [2.05, 4.69) is 76.9 Å². The van der Waals surface area contributed by atoms with Gasteiger partial charge in [0.2, 0.25) is 0 Å². The summed E-state index contributed by atoms with van der Waals surface area (Å²) in [7, 11) is 0. The van der Waals surface area contributed by atoms with Crippen molar-refractivity contribution in [2.45, 2.75) is 26.7 Å². The van der Waals surface area contributed by atoms with E-state index >= 15 is 0 Å². The maximum absolute atomic E-state index is 3.45. The van der Waals surface area contributed by atoms with E-state index in [4.69, 9.17) is 0 Å². The molecule has 25 heavy (non-hydrogen) atoms. The van der Waals surface area contributed by atoms with Crippen LogP contribution in [0.3, 0.4) is 0 Å². The molecule has 0 bridgehead atoms. The number of likely N-dealkylation sites (N-methyl/N-ethyl adjacent to an activating group) is 2. The normalized spacial score (nSPS) is 12.2. The highest BCUT2D eigenvalue weighted by Gasteiger charge is 1.88. The van der Waals surface area contributed by atoms with Gasteiger partial charge < -0.3 is 26.6 Å². The highest BCUT2D eigenvalue weighted by Crippen LogP contribution is 1.84. The summed E-state index contributed by atoms with van der Waals surface area (Å²) in [6, 6.07) is 0. The summed E-state index contributed by atoms with van der Waals surface area (Å²) >= 11 is 0. The molecular formula is C20H41N5. The zero-order chi connectivity index (χ0) is 18.3. The molecular weight excluding hydrogens is 310 g/mol. The Morgan fingerprint density at radius 1 is 0.440 bits per heavy atom. The molecule has 0 aliphatic rings. The van der Waals surface area contributed by atoms with Crippen LogP contribution in [0, 0.1) is 0 Å². The number of nitrogens with one attached hydrogen (secondary N) is 5. The molecule has 0 spiro atoms. The largest absolute Gasteiger partial charge is 0.314 e. The quantitative estimate of drug-likeness (QED) is 0.180.